The van der Waals surface area contributed by atoms with E-state index in [-0.39, 0.29) is 29.7 Å². The summed E-state index contributed by atoms with van der Waals surface area (Å²) in [6.45, 7) is 0.231. The second kappa shape index (κ2) is 7.21. The van der Waals surface area contributed by atoms with Crippen molar-refractivity contribution in [2.24, 2.45) is 5.92 Å². The lowest BCUT2D eigenvalue weighted by Crippen LogP contribution is -2.28. The molecule has 1 heterocycles. The van der Waals surface area contributed by atoms with Crippen molar-refractivity contribution >= 4 is 23.5 Å². The molecule has 2 aromatic rings. The minimum Gasteiger partial charge on any atom is -0.478 e. The van der Waals surface area contributed by atoms with Gasteiger partial charge in [0, 0.05) is 24.2 Å². The number of carbonyl (C=O) groups is 3. The highest BCUT2D eigenvalue weighted by atomic mass is 16.4. The van der Waals surface area contributed by atoms with E-state index < -0.39 is 11.9 Å². The van der Waals surface area contributed by atoms with Crippen LogP contribution in [0.3, 0.4) is 0 Å². The van der Waals surface area contributed by atoms with Crippen molar-refractivity contribution in [1.29, 1.82) is 0 Å². The van der Waals surface area contributed by atoms with Crippen molar-refractivity contribution in [2.75, 3.05) is 5.32 Å². The average Bonchev–Trinajstić information content (AvgIpc) is 3.01. The van der Waals surface area contributed by atoms with Crippen LogP contribution in [0, 0.1) is 5.92 Å². The molecule has 7 nitrogen and oxygen atoms in total. The zero-order valence-corrected chi connectivity index (χ0v) is 13.5. The number of furan rings is 1. The van der Waals surface area contributed by atoms with Gasteiger partial charge in [-0.15, -0.1) is 0 Å². The molecule has 7 heteroatoms. The summed E-state index contributed by atoms with van der Waals surface area (Å²) in [5, 5.41) is 14.4. The minimum atomic E-state index is -1.15. The molecule has 3 rings (SSSR count). The Morgan fingerprint density at radius 2 is 2.00 bits per heavy atom. The topological polar surface area (TPSA) is 109 Å². The van der Waals surface area contributed by atoms with Crippen LogP contribution in [0.25, 0.3) is 0 Å². The van der Waals surface area contributed by atoms with Crippen LogP contribution >= 0.6 is 0 Å². The fourth-order valence-corrected chi connectivity index (χ4v) is 2.51. The van der Waals surface area contributed by atoms with Crippen molar-refractivity contribution in [3.63, 3.8) is 0 Å². The predicted octanol–water partition coefficient (Wildman–Crippen LogP) is 2.65. The number of rotatable bonds is 6. The molecule has 1 saturated carbocycles. The first kappa shape index (κ1) is 16.8. The molecule has 0 atom stereocenters. The molecule has 1 fully saturated rings. The molecule has 25 heavy (non-hydrogen) atoms. The molecular formula is C18H18N2O5. The summed E-state index contributed by atoms with van der Waals surface area (Å²) in [6, 6.07) is 8.39. The van der Waals surface area contributed by atoms with Crippen molar-refractivity contribution in [3.05, 3.63) is 53.5 Å². The third-order valence-electron chi connectivity index (χ3n) is 4.19. The SMILES string of the molecule is O=C(O)c1coc(C(=O)NCc2cccc(NC(=O)C3CCC3)c2)c1. The number of anilines is 1. The Morgan fingerprint density at radius 1 is 1.20 bits per heavy atom. The van der Waals surface area contributed by atoms with Gasteiger partial charge in [0.2, 0.25) is 5.91 Å². The van der Waals surface area contributed by atoms with Crippen LogP contribution in [-0.4, -0.2) is 22.9 Å². The molecule has 130 valence electrons. The highest BCUT2D eigenvalue weighted by Gasteiger charge is 2.25. The van der Waals surface area contributed by atoms with E-state index in [4.69, 9.17) is 9.52 Å². The third-order valence-corrected chi connectivity index (χ3v) is 4.19. The third kappa shape index (κ3) is 4.06. The zero-order chi connectivity index (χ0) is 17.8. The van der Waals surface area contributed by atoms with Crippen molar-refractivity contribution in [1.82, 2.24) is 5.32 Å². The van der Waals surface area contributed by atoms with Crippen molar-refractivity contribution in [2.45, 2.75) is 25.8 Å². The van der Waals surface area contributed by atoms with Gasteiger partial charge in [0.1, 0.15) is 6.26 Å². The number of hydrogen-bond donors (Lipinski definition) is 3. The zero-order valence-electron chi connectivity index (χ0n) is 13.5. The van der Waals surface area contributed by atoms with Gasteiger partial charge in [-0.3, -0.25) is 9.59 Å². The van der Waals surface area contributed by atoms with E-state index >= 15 is 0 Å². The molecule has 0 unspecified atom stereocenters. The molecule has 2 amide bonds. The smallest absolute Gasteiger partial charge is 0.338 e. The van der Waals surface area contributed by atoms with E-state index in [0.29, 0.717) is 5.69 Å². The van der Waals surface area contributed by atoms with E-state index in [1.165, 1.54) is 6.07 Å². The largest absolute Gasteiger partial charge is 0.478 e. The minimum absolute atomic E-state index is 0.0317. The van der Waals surface area contributed by atoms with Crippen LogP contribution in [0.15, 0.2) is 41.0 Å². The molecule has 3 N–H and O–H groups in total. The molecule has 0 radical (unpaired) electrons. The van der Waals surface area contributed by atoms with Gasteiger partial charge in [0.05, 0.1) is 5.56 Å². The van der Waals surface area contributed by atoms with Gasteiger partial charge in [-0.25, -0.2) is 4.79 Å². The molecule has 0 saturated heterocycles. The summed E-state index contributed by atoms with van der Waals surface area (Å²) in [6.07, 6.45) is 3.99. The van der Waals surface area contributed by atoms with Crippen LogP contribution in [-0.2, 0) is 11.3 Å². The fourth-order valence-electron chi connectivity index (χ4n) is 2.51. The molecule has 0 aliphatic heterocycles. The highest BCUT2D eigenvalue weighted by Crippen LogP contribution is 2.27. The number of aromatic carboxylic acids is 1. The maximum Gasteiger partial charge on any atom is 0.338 e. The average molecular weight is 342 g/mol. The summed E-state index contributed by atoms with van der Waals surface area (Å²) in [5.41, 5.74) is 1.42. The van der Waals surface area contributed by atoms with E-state index in [0.717, 1.165) is 31.1 Å². The first-order chi connectivity index (χ1) is 12.0. The molecule has 1 aromatic heterocycles. The fraction of sp³-hybridized carbons (Fsp3) is 0.278. The lowest BCUT2D eigenvalue weighted by Gasteiger charge is -2.24. The first-order valence-electron chi connectivity index (χ1n) is 8.03. The van der Waals surface area contributed by atoms with Crippen LogP contribution in [0.4, 0.5) is 5.69 Å². The van der Waals surface area contributed by atoms with Crippen LogP contribution in [0.2, 0.25) is 0 Å². The molecule has 1 aromatic carbocycles. The standard InChI is InChI=1S/C18H18N2O5/c21-16(12-4-2-5-12)20-14-6-1-3-11(7-14)9-19-17(22)15-8-13(10-25-15)18(23)24/h1,3,6-8,10,12H,2,4-5,9H2,(H,19,22)(H,20,21)(H,23,24). The number of carboxylic acids is 1. The Morgan fingerprint density at radius 3 is 2.64 bits per heavy atom. The maximum atomic E-state index is 12.0. The van der Waals surface area contributed by atoms with Gasteiger partial charge in [-0.2, -0.15) is 0 Å². The lowest BCUT2D eigenvalue weighted by molar-refractivity contribution is -0.122. The van der Waals surface area contributed by atoms with E-state index in [9.17, 15) is 14.4 Å². The Balaban J connectivity index is 1.57. The van der Waals surface area contributed by atoms with Crippen LogP contribution < -0.4 is 10.6 Å². The Bertz CT molecular complexity index is 807. The molecule has 1 aliphatic rings. The maximum absolute atomic E-state index is 12.0. The summed E-state index contributed by atoms with van der Waals surface area (Å²) in [5.74, 6) is -1.59. The van der Waals surface area contributed by atoms with Crippen molar-refractivity contribution < 1.29 is 23.9 Å². The highest BCUT2D eigenvalue weighted by molar-refractivity contribution is 5.95. The van der Waals surface area contributed by atoms with Gasteiger partial charge in [0.25, 0.3) is 5.91 Å². The van der Waals surface area contributed by atoms with Crippen molar-refractivity contribution in [3.8, 4) is 0 Å². The van der Waals surface area contributed by atoms with E-state index in [1.807, 2.05) is 6.07 Å². The van der Waals surface area contributed by atoms with Gasteiger partial charge < -0.3 is 20.2 Å². The normalized spacial score (nSPS) is 13.8. The molecule has 0 spiro atoms. The van der Waals surface area contributed by atoms with Gasteiger partial charge >= 0.3 is 5.97 Å². The first-order valence-corrected chi connectivity index (χ1v) is 8.03. The van der Waals surface area contributed by atoms with Crippen LogP contribution in [0.1, 0.15) is 45.7 Å². The number of nitrogens with one attached hydrogen (secondary N) is 2. The Kier molecular flexibility index (Phi) is 4.83. The predicted molar refractivity (Wildman–Crippen MR) is 89.3 cm³/mol. The van der Waals surface area contributed by atoms with Crippen LogP contribution in [0.5, 0.6) is 0 Å². The lowest BCUT2D eigenvalue weighted by atomic mass is 9.85. The van der Waals surface area contributed by atoms with Gasteiger partial charge in [0.15, 0.2) is 5.76 Å². The molecule has 1 aliphatic carbocycles. The Labute approximate surface area is 144 Å². The summed E-state index contributed by atoms with van der Waals surface area (Å²) in [4.78, 5) is 34.7. The summed E-state index contributed by atoms with van der Waals surface area (Å²) in [7, 11) is 0. The van der Waals surface area contributed by atoms with E-state index in [1.54, 1.807) is 18.2 Å². The monoisotopic (exact) mass is 342 g/mol. The van der Waals surface area contributed by atoms with Gasteiger partial charge in [-0.1, -0.05) is 18.6 Å². The second-order valence-corrected chi connectivity index (χ2v) is 6.00. The van der Waals surface area contributed by atoms with Gasteiger partial charge in [-0.05, 0) is 30.5 Å². The number of carboxylic acid groups (broad SMARTS) is 1. The number of hydrogen-bond acceptors (Lipinski definition) is 4. The number of carbonyl (C=O) groups excluding carboxylic acids is 2. The second-order valence-electron chi connectivity index (χ2n) is 6.00. The summed E-state index contributed by atoms with van der Waals surface area (Å²) < 4.78 is 4.95. The number of benzene rings is 1. The molecule has 0 bridgehead atoms. The molecular weight excluding hydrogens is 324 g/mol. The van der Waals surface area contributed by atoms with E-state index in [2.05, 4.69) is 10.6 Å². The Hall–Kier alpha value is -3.09. The quantitative estimate of drug-likeness (QED) is 0.748. The number of amides is 2. The summed E-state index contributed by atoms with van der Waals surface area (Å²) >= 11 is 0.